The molecule has 0 unspecified atom stereocenters. The van der Waals surface area contributed by atoms with Gasteiger partial charge in [-0.2, -0.15) is 0 Å². The van der Waals surface area contributed by atoms with Crippen LogP contribution in [0.15, 0.2) is 0 Å². The van der Waals surface area contributed by atoms with Gasteiger partial charge in [-0.05, 0) is 12.8 Å². The number of aliphatic carboxylic acids is 2. The number of carboxylic acids is 2. The minimum atomic E-state index is -1.01. The van der Waals surface area contributed by atoms with Crippen molar-refractivity contribution in [1.29, 1.82) is 0 Å². The van der Waals surface area contributed by atoms with Gasteiger partial charge in [0.25, 0.3) is 0 Å². The van der Waals surface area contributed by atoms with Crippen molar-refractivity contribution in [1.82, 2.24) is 0 Å². The predicted octanol–water partition coefficient (Wildman–Crippen LogP) is 10.7. The van der Waals surface area contributed by atoms with Gasteiger partial charge in [0.05, 0.1) is 0 Å². The molecule has 0 atom stereocenters. The molecule has 0 rings (SSSR count). The van der Waals surface area contributed by atoms with Crippen LogP contribution in [0.5, 0.6) is 0 Å². The summed E-state index contributed by atoms with van der Waals surface area (Å²) in [5.74, 6) is 7.62. The van der Waals surface area contributed by atoms with E-state index in [1.165, 1.54) is 148 Å². The van der Waals surface area contributed by atoms with Gasteiger partial charge in [-0.25, -0.2) is 9.59 Å². The highest BCUT2D eigenvalue weighted by Crippen LogP contribution is 2.13. The van der Waals surface area contributed by atoms with Crippen LogP contribution in [-0.2, 0) is 9.59 Å². The Labute approximate surface area is 242 Å². The second-order valence-corrected chi connectivity index (χ2v) is 10.8. The third-order valence-electron chi connectivity index (χ3n) is 6.95. The molecule has 4 nitrogen and oxygen atoms in total. The van der Waals surface area contributed by atoms with Crippen molar-refractivity contribution in [2.75, 3.05) is 0 Å². The fraction of sp³-hybridized carbons (Fsp3) is 0.829. The molecule has 0 saturated carbocycles. The van der Waals surface area contributed by atoms with E-state index in [2.05, 4.69) is 37.5 Å². The largest absolute Gasteiger partial charge is 0.472 e. The summed E-state index contributed by atoms with van der Waals surface area (Å²) in [6.45, 7) is 4.52. The first-order valence-electron chi connectivity index (χ1n) is 16.5. The summed E-state index contributed by atoms with van der Waals surface area (Å²) in [4.78, 5) is 20.3. The van der Waals surface area contributed by atoms with E-state index in [9.17, 15) is 9.59 Å². The van der Waals surface area contributed by atoms with Crippen LogP contribution in [-0.4, -0.2) is 22.2 Å². The molecular weight excluding hydrogens is 484 g/mol. The van der Waals surface area contributed by atoms with Crippen molar-refractivity contribution in [3.8, 4) is 23.7 Å². The van der Waals surface area contributed by atoms with Gasteiger partial charge < -0.3 is 10.2 Å². The lowest BCUT2D eigenvalue weighted by molar-refractivity contribution is -0.131. The molecule has 0 radical (unpaired) electrons. The number of carbonyl (C=O) groups is 2. The molecule has 0 spiro atoms. The van der Waals surface area contributed by atoms with E-state index in [1.807, 2.05) is 0 Å². The minimum Gasteiger partial charge on any atom is -0.472 e. The smallest absolute Gasteiger partial charge is 0.381 e. The fourth-order valence-corrected chi connectivity index (χ4v) is 4.56. The Balaban J connectivity index is 0. The SMILES string of the molecule is CCCCCCCCCCCCCCC#CC(=O)O.CCCCCCCCCCCCCCCC#CC(=O)O. The zero-order valence-corrected chi connectivity index (χ0v) is 25.8. The highest BCUT2D eigenvalue weighted by atomic mass is 16.4. The Bertz CT molecular complexity index is 647. The average Bonchev–Trinajstić information content (AvgIpc) is 2.91. The third kappa shape index (κ3) is 43.4. The van der Waals surface area contributed by atoms with Crippen LogP contribution in [0.1, 0.15) is 187 Å². The maximum Gasteiger partial charge on any atom is 0.381 e. The van der Waals surface area contributed by atoms with Gasteiger partial charge >= 0.3 is 11.9 Å². The predicted molar refractivity (Wildman–Crippen MR) is 167 cm³/mol. The van der Waals surface area contributed by atoms with Gasteiger partial charge in [0.15, 0.2) is 0 Å². The Morgan fingerprint density at radius 3 is 0.795 bits per heavy atom. The van der Waals surface area contributed by atoms with E-state index in [-0.39, 0.29) is 0 Å². The number of unbranched alkanes of at least 4 members (excludes halogenated alkanes) is 25. The van der Waals surface area contributed by atoms with Crippen molar-refractivity contribution in [3.05, 3.63) is 0 Å². The Morgan fingerprint density at radius 1 is 0.385 bits per heavy atom. The molecule has 4 heteroatoms. The summed E-state index contributed by atoms with van der Waals surface area (Å²) in [6, 6.07) is 0. The molecule has 0 heterocycles. The standard InChI is InChI=1S/C18H32O2.C17H30O2/c1-2-3-4-5-6-7-8-9-10-11-12-13-14-15-16-17-18(19)20;1-2-3-4-5-6-7-8-9-10-11-12-13-14-15-16-17(18)19/h2-15H2,1H3,(H,19,20);2-14H2,1H3,(H,18,19). The molecule has 0 aliphatic heterocycles. The van der Waals surface area contributed by atoms with E-state index in [1.54, 1.807) is 0 Å². The summed E-state index contributed by atoms with van der Waals surface area (Å²) < 4.78 is 0. The van der Waals surface area contributed by atoms with Crippen LogP contribution in [0.3, 0.4) is 0 Å². The maximum absolute atomic E-state index is 10.2. The number of hydrogen-bond donors (Lipinski definition) is 2. The van der Waals surface area contributed by atoms with Crippen LogP contribution in [0.25, 0.3) is 0 Å². The maximum atomic E-state index is 10.2. The molecule has 0 bridgehead atoms. The lowest BCUT2D eigenvalue weighted by Crippen LogP contribution is -1.86. The van der Waals surface area contributed by atoms with Crippen molar-refractivity contribution in [2.45, 2.75) is 187 Å². The van der Waals surface area contributed by atoms with Gasteiger partial charge in [-0.3, -0.25) is 0 Å². The lowest BCUT2D eigenvalue weighted by Gasteiger charge is -2.02. The molecule has 0 aliphatic rings. The van der Waals surface area contributed by atoms with Crippen LogP contribution in [0.2, 0.25) is 0 Å². The van der Waals surface area contributed by atoms with Gasteiger partial charge in [-0.15, -0.1) is 0 Å². The van der Waals surface area contributed by atoms with E-state index in [4.69, 9.17) is 10.2 Å². The van der Waals surface area contributed by atoms with Crippen molar-refractivity contribution < 1.29 is 19.8 Å². The molecule has 0 aromatic carbocycles. The molecule has 0 fully saturated rings. The molecular formula is C35H62O4. The number of carboxylic acid groups (broad SMARTS) is 2. The van der Waals surface area contributed by atoms with Gasteiger partial charge in [0.1, 0.15) is 0 Å². The highest BCUT2D eigenvalue weighted by Gasteiger charge is 1.94. The van der Waals surface area contributed by atoms with Crippen molar-refractivity contribution in [2.24, 2.45) is 0 Å². The van der Waals surface area contributed by atoms with Crippen LogP contribution in [0.4, 0.5) is 0 Å². The first-order chi connectivity index (χ1) is 19.0. The molecule has 226 valence electrons. The summed E-state index contributed by atoms with van der Waals surface area (Å²) in [5.41, 5.74) is 0. The molecule has 0 amide bonds. The normalized spacial score (nSPS) is 10.0. The van der Waals surface area contributed by atoms with Gasteiger partial charge in [0.2, 0.25) is 0 Å². The average molecular weight is 547 g/mol. The Hall–Kier alpha value is -1.94. The molecule has 0 aromatic heterocycles. The Kier molecular flexibility index (Phi) is 36.2. The zero-order chi connectivity index (χ0) is 29.1. The van der Waals surface area contributed by atoms with Gasteiger partial charge in [0, 0.05) is 24.7 Å². The number of hydrogen-bond acceptors (Lipinski definition) is 2. The van der Waals surface area contributed by atoms with Gasteiger partial charge in [-0.1, -0.05) is 173 Å². The third-order valence-corrected chi connectivity index (χ3v) is 6.95. The first-order valence-corrected chi connectivity index (χ1v) is 16.5. The monoisotopic (exact) mass is 546 g/mol. The van der Waals surface area contributed by atoms with E-state index >= 15 is 0 Å². The second kappa shape index (κ2) is 36.1. The molecule has 39 heavy (non-hydrogen) atoms. The topological polar surface area (TPSA) is 74.6 Å². The van der Waals surface area contributed by atoms with E-state index in [0.29, 0.717) is 0 Å². The highest BCUT2D eigenvalue weighted by molar-refractivity contribution is 5.86. The summed E-state index contributed by atoms with van der Waals surface area (Å²) in [7, 11) is 0. The fourth-order valence-electron chi connectivity index (χ4n) is 4.56. The van der Waals surface area contributed by atoms with Crippen molar-refractivity contribution in [3.63, 3.8) is 0 Å². The summed E-state index contributed by atoms with van der Waals surface area (Å²) in [6.07, 6.45) is 34.7. The van der Waals surface area contributed by atoms with Crippen LogP contribution >= 0.6 is 0 Å². The zero-order valence-electron chi connectivity index (χ0n) is 25.8. The van der Waals surface area contributed by atoms with Crippen molar-refractivity contribution >= 4 is 11.9 Å². The molecule has 0 aromatic rings. The molecule has 0 aliphatic carbocycles. The number of rotatable bonds is 25. The molecule has 0 saturated heterocycles. The quantitative estimate of drug-likeness (QED) is 0.0882. The van der Waals surface area contributed by atoms with E-state index < -0.39 is 11.9 Å². The summed E-state index contributed by atoms with van der Waals surface area (Å²) >= 11 is 0. The lowest BCUT2D eigenvalue weighted by atomic mass is 10.0. The molecule has 2 N–H and O–H groups in total. The Morgan fingerprint density at radius 2 is 0.590 bits per heavy atom. The minimum absolute atomic E-state index is 0.726. The van der Waals surface area contributed by atoms with Crippen LogP contribution < -0.4 is 0 Å². The second-order valence-electron chi connectivity index (χ2n) is 10.8. The summed E-state index contributed by atoms with van der Waals surface area (Å²) in [5, 5.41) is 16.7. The van der Waals surface area contributed by atoms with E-state index in [0.717, 1.165) is 25.7 Å². The first kappa shape index (κ1) is 39.2. The van der Waals surface area contributed by atoms with Crippen LogP contribution in [0, 0.1) is 23.7 Å².